The van der Waals surface area contributed by atoms with E-state index in [0.717, 1.165) is 6.42 Å². The number of hydrogen-bond donors (Lipinski definition) is 0. The molecule has 1 atom stereocenters. The van der Waals surface area contributed by atoms with Crippen LogP contribution in [0.4, 0.5) is 0 Å². The van der Waals surface area contributed by atoms with E-state index in [2.05, 4.69) is 20.4 Å². The Morgan fingerprint density at radius 1 is 1.14 bits per heavy atom. The maximum atomic E-state index is 11.8. The topological polar surface area (TPSA) is 52.6 Å². The molecule has 1 unspecified atom stereocenters. The van der Waals surface area contributed by atoms with Gasteiger partial charge >= 0.3 is 11.9 Å². The monoisotopic (exact) mass is 290 g/mol. The zero-order chi connectivity index (χ0) is 15.8. The van der Waals surface area contributed by atoms with Crippen molar-refractivity contribution in [2.45, 2.75) is 33.1 Å². The third kappa shape index (κ3) is 5.42. The van der Waals surface area contributed by atoms with Gasteiger partial charge in [0.05, 0.1) is 5.56 Å². The second-order valence-corrected chi connectivity index (χ2v) is 4.98. The fourth-order valence-electron chi connectivity index (χ4n) is 1.66. The molecule has 21 heavy (non-hydrogen) atoms. The number of carbonyl (C=O) groups is 2. The van der Waals surface area contributed by atoms with Crippen LogP contribution in [0.15, 0.2) is 36.4 Å². The average Bonchev–Trinajstić information content (AvgIpc) is 2.50. The largest absolute Gasteiger partial charge is 0.459 e. The van der Waals surface area contributed by atoms with Gasteiger partial charge < -0.3 is 9.47 Å². The van der Waals surface area contributed by atoms with Crippen molar-refractivity contribution >= 4 is 11.9 Å². The molecule has 4 nitrogen and oxygen atoms in total. The summed E-state index contributed by atoms with van der Waals surface area (Å²) in [5.41, 5.74) is 2.01. The molecule has 0 saturated carbocycles. The maximum Gasteiger partial charge on any atom is 0.338 e. The van der Waals surface area contributed by atoms with Gasteiger partial charge in [0.2, 0.25) is 0 Å². The number of carbonyl (C=O) groups excluding carboxylic acids is 2. The van der Waals surface area contributed by atoms with Crippen LogP contribution in [0.3, 0.4) is 0 Å². The van der Waals surface area contributed by atoms with E-state index in [9.17, 15) is 9.59 Å². The number of esters is 2. The van der Waals surface area contributed by atoms with E-state index in [1.54, 1.807) is 19.1 Å². The first-order valence-electron chi connectivity index (χ1n) is 7.05. The lowest BCUT2D eigenvalue weighted by molar-refractivity contribution is -0.140. The number of hydrogen-bond acceptors (Lipinski definition) is 4. The van der Waals surface area contributed by atoms with Crippen LogP contribution in [0.2, 0.25) is 0 Å². The molecule has 0 fully saturated rings. The third-order valence-corrected chi connectivity index (χ3v) is 3.23. The number of benzene rings is 1. The van der Waals surface area contributed by atoms with E-state index in [-0.39, 0.29) is 13.2 Å². The van der Waals surface area contributed by atoms with Crippen LogP contribution in [0.1, 0.15) is 49.0 Å². The van der Waals surface area contributed by atoms with Crippen molar-refractivity contribution in [1.82, 2.24) is 0 Å². The van der Waals surface area contributed by atoms with Gasteiger partial charge in [0.1, 0.15) is 13.2 Å². The summed E-state index contributed by atoms with van der Waals surface area (Å²) < 4.78 is 9.88. The van der Waals surface area contributed by atoms with Crippen molar-refractivity contribution < 1.29 is 19.1 Å². The maximum absolute atomic E-state index is 11.8. The summed E-state index contributed by atoms with van der Waals surface area (Å²) in [5, 5.41) is 0. The van der Waals surface area contributed by atoms with Gasteiger partial charge in [-0.25, -0.2) is 9.59 Å². The molecule has 1 aromatic carbocycles. The van der Waals surface area contributed by atoms with Gasteiger partial charge in [-0.05, 0) is 37.0 Å². The van der Waals surface area contributed by atoms with E-state index < -0.39 is 11.9 Å². The minimum absolute atomic E-state index is 0.0301. The summed E-state index contributed by atoms with van der Waals surface area (Å²) in [4.78, 5) is 22.9. The van der Waals surface area contributed by atoms with Crippen LogP contribution in [-0.2, 0) is 14.3 Å². The summed E-state index contributed by atoms with van der Waals surface area (Å²) in [6.07, 6.45) is 1.05. The molecule has 1 rings (SSSR count). The standard InChI is InChI=1S/C17H22O4/c1-5-13(4)14-6-8-15(9-7-14)17(19)21-11-10-20-16(18)12(2)3/h6-9,13H,2,5,10-11H2,1,3-4H3. The molecule has 0 heterocycles. The van der Waals surface area contributed by atoms with Crippen LogP contribution in [0.5, 0.6) is 0 Å². The molecule has 0 aliphatic carbocycles. The molecule has 4 heteroatoms. The fourth-order valence-corrected chi connectivity index (χ4v) is 1.66. The number of rotatable bonds is 7. The Morgan fingerprint density at radius 2 is 1.71 bits per heavy atom. The van der Waals surface area contributed by atoms with E-state index >= 15 is 0 Å². The second kappa shape index (κ2) is 8.25. The highest BCUT2D eigenvalue weighted by Crippen LogP contribution is 2.19. The molecule has 1 aromatic rings. The number of ether oxygens (including phenoxy) is 2. The van der Waals surface area contributed by atoms with Gasteiger partial charge in [0, 0.05) is 5.57 Å². The predicted molar refractivity (Wildman–Crippen MR) is 81.2 cm³/mol. The van der Waals surface area contributed by atoms with Crippen molar-refractivity contribution in [3.63, 3.8) is 0 Å². The molecule has 114 valence electrons. The minimum Gasteiger partial charge on any atom is -0.459 e. The minimum atomic E-state index is -0.482. The molecule has 0 aliphatic rings. The van der Waals surface area contributed by atoms with E-state index in [4.69, 9.17) is 9.47 Å². The molecule has 0 radical (unpaired) electrons. The Kier molecular flexibility index (Phi) is 6.66. The van der Waals surface area contributed by atoms with Crippen molar-refractivity contribution in [2.24, 2.45) is 0 Å². The van der Waals surface area contributed by atoms with Crippen LogP contribution in [-0.4, -0.2) is 25.2 Å². The van der Waals surface area contributed by atoms with Crippen molar-refractivity contribution in [1.29, 1.82) is 0 Å². The Labute approximate surface area is 125 Å². The van der Waals surface area contributed by atoms with Gasteiger partial charge in [0.25, 0.3) is 0 Å². The molecular formula is C17H22O4. The highest BCUT2D eigenvalue weighted by atomic mass is 16.6. The molecule has 0 N–H and O–H groups in total. The molecule has 0 amide bonds. The first kappa shape index (κ1) is 17.0. The van der Waals surface area contributed by atoms with Crippen LogP contribution < -0.4 is 0 Å². The summed E-state index contributed by atoms with van der Waals surface area (Å²) in [7, 11) is 0. The lowest BCUT2D eigenvalue weighted by Crippen LogP contribution is -2.14. The normalized spacial score (nSPS) is 11.6. The van der Waals surface area contributed by atoms with Crippen molar-refractivity contribution in [2.75, 3.05) is 13.2 Å². The molecule has 0 aromatic heterocycles. The molecule has 0 bridgehead atoms. The van der Waals surface area contributed by atoms with Crippen LogP contribution in [0.25, 0.3) is 0 Å². The first-order chi connectivity index (χ1) is 9.95. The van der Waals surface area contributed by atoms with Gasteiger partial charge in [0.15, 0.2) is 0 Å². The van der Waals surface area contributed by atoms with Gasteiger partial charge in [-0.2, -0.15) is 0 Å². The van der Waals surface area contributed by atoms with E-state index in [0.29, 0.717) is 17.1 Å². The summed E-state index contributed by atoms with van der Waals surface area (Å²) >= 11 is 0. The lowest BCUT2D eigenvalue weighted by Gasteiger charge is -2.10. The molecule has 0 aliphatic heterocycles. The van der Waals surface area contributed by atoms with Crippen LogP contribution in [0, 0.1) is 0 Å². The quantitative estimate of drug-likeness (QED) is 0.438. The smallest absolute Gasteiger partial charge is 0.338 e. The van der Waals surface area contributed by atoms with E-state index in [1.807, 2.05) is 12.1 Å². The van der Waals surface area contributed by atoms with Gasteiger partial charge in [-0.3, -0.25) is 0 Å². The van der Waals surface area contributed by atoms with Gasteiger partial charge in [-0.15, -0.1) is 0 Å². The van der Waals surface area contributed by atoms with Crippen molar-refractivity contribution in [3.8, 4) is 0 Å². The summed E-state index contributed by atoms with van der Waals surface area (Å²) in [6, 6.07) is 7.38. The summed E-state index contributed by atoms with van der Waals surface area (Å²) in [5.74, 6) is -0.433. The fraction of sp³-hybridized carbons (Fsp3) is 0.412. The zero-order valence-corrected chi connectivity index (χ0v) is 12.8. The predicted octanol–water partition coefficient (Wildman–Crippen LogP) is 3.48. The van der Waals surface area contributed by atoms with Crippen LogP contribution >= 0.6 is 0 Å². The third-order valence-electron chi connectivity index (χ3n) is 3.23. The molecule has 0 spiro atoms. The Bertz CT molecular complexity index is 502. The average molecular weight is 290 g/mol. The SMILES string of the molecule is C=C(C)C(=O)OCCOC(=O)c1ccc(C(C)CC)cc1. The Morgan fingerprint density at radius 3 is 2.24 bits per heavy atom. The van der Waals surface area contributed by atoms with Gasteiger partial charge in [-0.1, -0.05) is 32.6 Å². The Hall–Kier alpha value is -2.10. The zero-order valence-electron chi connectivity index (χ0n) is 12.8. The highest BCUT2D eigenvalue weighted by Gasteiger charge is 2.09. The van der Waals surface area contributed by atoms with Crippen molar-refractivity contribution in [3.05, 3.63) is 47.5 Å². The summed E-state index contributed by atoms with van der Waals surface area (Å²) in [6.45, 7) is 9.36. The first-order valence-corrected chi connectivity index (χ1v) is 7.05. The molecular weight excluding hydrogens is 268 g/mol. The second-order valence-electron chi connectivity index (χ2n) is 4.98. The van der Waals surface area contributed by atoms with E-state index in [1.165, 1.54) is 5.56 Å². The Balaban J connectivity index is 2.42. The highest BCUT2D eigenvalue weighted by molar-refractivity contribution is 5.89. The lowest BCUT2D eigenvalue weighted by atomic mass is 9.98. The molecule has 0 saturated heterocycles.